The number of carboxylic acids is 1. The molecule has 2 spiro atoms. The number of benzene rings is 1. The Hall–Kier alpha value is -2.22. The number of halogens is 3. The topological polar surface area (TPSA) is 91.3 Å². The molecule has 6 nitrogen and oxygen atoms in total. The molecule has 2 aliphatic heterocycles. The van der Waals surface area contributed by atoms with Crippen LogP contribution in [0.2, 0.25) is 10.2 Å². The van der Waals surface area contributed by atoms with Gasteiger partial charge >= 0.3 is 5.97 Å². The van der Waals surface area contributed by atoms with Crippen molar-refractivity contribution in [1.29, 1.82) is 0 Å². The van der Waals surface area contributed by atoms with Gasteiger partial charge in [-0.2, -0.15) is 0 Å². The fraction of sp³-hybridized carbons (Fsp3) is 0.458. The lowest BCUT2D eigenvalue weighted by Gasteiger charge is -2.50. The molecule has 3 atom stereocenters. The molecule has 9 heteroatoms. The van der Waals surface area contributed by atoms with Gasteiger partial charge in [-0.1, -0.05) is 49.2 Å². The van der Waals surface area contributed by atoms with Crippen molar-refractivity contribution in [2.75, 3.05) is 5.32 Å². The first kappa shape index (κ1) is 22.6. The highest BCUT2D eigenvalue weighted by atomic mass is 35.5. The van der Waals surface area contributed by atoms with Gasteiger partial charge in [0.15, 0.2) is 0 Å². The molecule has 174 valence electrons. The highest BCUT2D eigenvalue weighted by Crippen LogP contribution is 2.63. The summed E-state index contributed by atoms with van der Waals surface area (Å²) >= 11 is 12.2. The molecular formula is C24H24Cl2FN3O3. The van der Waals surface area contributed by atoms with Crippen LogP contribution in [0.3, 0.4) is 0 Å². The zero-order valence-electron chi connectivity index (χ0n) is 18.2. The fourth-order valence-corrected chi connectivity index (χ4v) is 6.63. The van der Waals surface area contributed by atoms with Gasteiger partial charge < -0.3 is 10.4 Å². The molecule has 0 bridgehead atoms. The Morgan fingerprint density at radius 3 is 2.58 bits per heavy atom. The van der Waals surface area contributed by atoms with Crippen molar-refractivity contribution in [2.45, 2.75) is 62.4 Å². The second-order valence-electron chi connectivity index (χ2n) is 10.1. The van der Waals surface area contributed by atoms with Crippen LogP contribution in [0.4, 0.5) is 10.1 Å². The van der Waals surface area contributed by atoms with E-state index >= 15 is 4.39 Å². The number of carbonyl (C=O) groups is 2. The zero-order valence-corrected chi connectivity index (χ0v) is 19.7. The van der Waals surface area contributed by atoms with Crippen LogP contribution < -0.4 is 10.6 Å². The number of aromatic nitrogens is 1. The Balaban J connectivity index is 1.83. The molecule has 3 N–H and O–H groups in total. The van der Waals surface area contributed by atoms with Crippen molar-refractivity contribution in [3.63, 3.8) is 0 Å². The van der Waals surface area contributed by atoms with Gasteiger partial charge in [-0.3, -0.25) is 14.9 Å². The second-order valence-corrected chi connectivity index (χ2v) is 10.9. The molecule has 2 aromatic rings. The number of carbonyl (C=O) groups excluding carboxylic acids is 1. The summed E-state index contributed by atoms with van der Waals surface area (Å²) in [5.74, 6) is -3.28. The second kappa shape index (κ2) is 7.39. The maximum absolute atomic E-state index is 15.5. The molecule has 1 saturated carbocycles. The van der Waals surface area contributed by atoms with Crippen LogP contribution in [0.15, 0.2) is 30.5 Å². The molecule has 3 unspecified atom stereocenters. The van der Waals surface area contributed by atoms with Crippen LogP contribution in [-0.2, 0) is 15.0 Å². The SMILES string of the molecule is CC1(C)CCC2(CC1)NC(C(=O)O)C(c1cccc(Cl)c1F)C21C(=O)Nc2cc(Cl)ncc21. The molecule has 33 heavy (non-hydrogen) atoms. The molecule has 1 aliphatic carbocycles. The van der Waals surface area contributed by atoms with E-state index in [4.69, 9.17) is 23.2 Å². The molecule has 1 amide bonds. The predicted octanol–water partition coefficient (Wildman–Crippen LogP) is 4.90. The highest BCUT2D eigenvalue weighted by Gasteiger charge is 2.73. The lowest BCUT2D eigenvalue weighted by atomic mass is 9.53. The van der Waals surface area contributed by atoms with E-state index in [-0.39, 0.29) is 27.1 Å². The Kier molecular flexibility index (Phi) is 5.05. The minimum atomic E-state index is -1.40. The first-order valence-corrected chi connectivity index (χ1v) is 11.7. The van der Waals surface area contributed by atoms with Crippen molar-refractivity contribution in [3.05, 3.63) is 57.6 Å². The summed E-state index contributed by atoms with van der Waals surface area (Å²) in [5, 5.41) is 16.6. The van der Waals surface area contributed by atoms with Gasteiger partial charge in [0.1, 0.15) is 22.4 Å². The maximum atomic E-state index is 15.5. The van der Waals surface area contributed by atoms with Gasteiger partial charge in [-0.15, -0.1) is 0 Å². The van der Waals surface area contributed by atoms with Crippen molar-refractivity contribution in [2.24, 2.45) is 5.41 Å². The largest absolute Gasteiger partial charge is 0.480 e. The van der Waals surface area contributed by atoms with Gasteiger partial charge in [0.25, 0.3) is 0 Å². The summed E-state index contributed by atoms with van der Waals surface area (Å²) in [6, 6.07) is 4.87. The minimum absolute atomic E-state index is 0.0440. The Morgan fingerprint density at radius 2 is 1.91 bits per heavy atom. The van der Waals surface area contributed by atoms with Crippen LogP contribution in [0.1, 0.15) is 56.6 Å². The number of hydrogen-bond donors (Lipinski definition) is 3. The summed E-state index contributed by atoms with van der Waals surface area (Å²) in [7, 11) is 0. The number of fused-ring (bicyclic) bond motifs is 3. The fourth-order valence-electron chi connectivity index (χ4n) is 6.29. The molecule has 1 saturated heterocycles. The van der Waals surface area contributed by atoms with Crippen LogP contribution in [0.5, 0.6) is 0 Å². The molecule has 2 fully saturated rings. The standard InChI is InChI=1S/C24H24Cl2FN3O3/c1-22(2)6-8-23(9-7-22)24(13-11-28-16(26)10-15(13)29-21(24)33)17(19(30-23)20(31)32)12-4-3-5-14(25)18(12)27/h3-5,10-11,17,19,30H,6-9H2,1-2H3,(H,29,33)(H,31,32). The van der Waals surface area contributed by atoms with Crippen LogP contribution in [-0.4, -0.2) is 33.5 Å². The monoisotopic (exact) mass is 491 g/mol. The van der Waals surface area contributed by atoms with E-state index in [0.29, 0.717) is 24.1 Å². The molecule has 1 aromatic heterocycles. The van der Waals surface area contributed by atoms with Crippen molar-refractivity contribution < 1.29 is 19.1 Å². The number of anilines is 1. The third-order valence-corrected chi connectivity index (χ3v) is 8.43. The number of nitrogens with one attached hydrogen (secondary N) is 2. The van der Waals surface area contributed by atoms with Gasteiger partial charge in [0.05, 0.1) is 5.02 Å². The molecule has 3 aliphatic rings. The zero-order chi connectivity index (χ0) is 23.8. The molecular weight excluding hydrogens is 468 g/mol. The predicted molar refractivity (Wildman–Crippen MR) is 123 cm³/mol. The molecule has 1 aromatic carbocycles. The number of pyridine rings is 1. The van der Waals surface area contributed by atoms with E-state index in [1.54, 1.807) is 12.1 Å². The van der Waals surface area contributed by atoms with E-state index in [2.05, 4.69) is 29.5 Å². The Morgan fingerprint density at radius 1 is 1.21 bits per heavy atom. The lowest BCUT2D eigenvalue weighted by molar-refractivity contribution is -0.139. The van der Waals surface area contributed by atoms with Gasteiger partial charge in [0, 0.05) is 28.9 Å². The quantitative estimate of drug-likeness (QED) is 0.519. The first-order chi connectivity index (χ1) is 15.5. The summed E-state index contributed by atoms with van der Waals surface area (Å²) < 4.78 is 15.5. The average Bonchev–Trinajstić information content (AvgIpc) is 3.20. The number of carboxylic acid groups (broad SMARTS) is 1. The Bertz CT molecular complexity index is 1180. The number of aliphatic carboxylic acids is 1. The molecule has 0 radical (unpaired) electrons. The number of amides is 1. The van der Waals surface area contributed by atoms with Crippen molar-refractivity contribution in [1.82, 2.24) is 10.3 Å². The summed E-state index contributed by atoms with van der Waals surface area (Å²) in [5.41, 5.74) is -1.15. The summed E-state index contributed by atoms with van der Waals surface area (Å²) in [6.07, 6.45) is 4.19. The van der Waals surface area contributed by atoms with Gasteiger partial charge in [-0.05, 0) is 48.8 Å². The minimum Gasteiger partial charge on any atom is -0.480 e. The van der Waals surface area contributed by atoms with E-state index < -0.39 is 34.7 Å². The number of rotatable bonds is 2. The van der Waals surface area contributed by atoms with Gasteiger partial charge in [0.2, 0.25) is 5.91 Å². The smallest absolute Gasteiger partial charge is 0.321 e. The number of hydrogen-bond acceptors (Lipinski definition) is 4. The normalized spacial score (nSPS) is 29.3. The van der Waals surface area contributed by atoms with Crippen LogP contribution in [0, 0.1) is 11.2 Å². The third-order valence-electron chi connectivity index (χ3n) is 7.93. The summed E-state index contributed by atoms with van der Waals surface area (Å²) in [4.78, 5) is 30.8. The van der Waals surface area contributed by atoms with Crippen LogP contribution >= 0.6 is 23.2 Å². The van der Waals surface area contributed by atoms with E-state index in [1.165, 1.54) is 18.3 Å². The highest BCUT2D eigenvalue weighted by molar-refractivity contribution is 6.31. The van der Waals surface area contributed by atoms with Crippen molar-refractivity contribution >= 4 is 40.8 Å². The molecule has 3 heterocycles. The summed E-state index contributed by atoms with van der Waals surface area (Å²) in [6.45, 7) is 4.32. The van der Waals surface area contributed by atoms with E-state index in [1.807, 2.05) is 0 Å². The number of nitrogens with zero attached hydrogens (tertiary/aromatic N) is 1. The van der Waals surface area contributed by atoms with Crippen LogP contribution in [0.25, 0.3) is 0 Å². The molecule has 5 rings (SSSR count). The Labute approximate surface area is 200 Å². The van der Waals surface area contributed by atoms with E-state index in [0.717, 1.165) is 12.8 Å². The first-order valence-electron chi connectivity index (χ1n) is 10.9. The lowest BCUT2D eigenvalue weighted by Crippen LogP contribution is -2.61. The average molecular weight is 492 g/mol. The van der Waals surface area contributed by atoms with E-state index in [9.17, 15) is 14.7 Å². The van der Waals surface area contributed by atoms with Gasteiger partial charge in [-0.25, -0.2) is 9.37 Å². The third kappa shape index (κ3) is 3.05. The maximum Gasteiger partial charge on any atom is 0.321 e. The van der Waals surface area contributed by atoms with Crippen molar-refractivity contribution in [3.8, 4) is 0 Å².